The summed E-state index contributed by atoms with van der Waals surface area (Å²) in [6, 6.07) is 0. The van der Waals surface area contributed by atoms with Crippen LogP contribution in [0.1, 0.15) is 26.2 Å². The molecule has 0 aliphatic carbocycles. The van der Waals surface area contributed by atoms with Crippen LogP contribution in [0.5, 0.6) is 0 Å². The molecule has 0 spiro atoms. The predicted octanol–water partition coefficient (Wildman–Crippen LogP) is 3.10. The van der Waals surface area contributed by atoms with Gasteiger partial charge in [-0.3, -0.25) is 0 Å². The van der Waals surface area contributed by atoms with Crippen molar-refractivity contribution < 1.29 is 0 Å². The van der Waals surface area contributed by atoms with Gasteiger partial charge in [0.05, 0.1) is 0 Å². The summed E-state index contributed by atoms with van der Waals surface area (Å²) in [6.07, 6.45) is 5.82. The SMILES string of the molecule is CCCC/C=C/[P]. The minimum absolute atomic E-state index is 1.18. The molecule has 0 saturated heterocycles. The van der Waals surface area contributed by atoms with Gasteiger partial charge in [0, 0.05) is 0 Å². The van der Waals surface area contributed by atoms with Gasteiger partial charge in [-0.1, -0.05) is 31.7 Å². The van der Waals surface area contributed by atoms with Crippen LogP contribution in [0.3, 0.4) is 0 Å². The van der Waals surface area contributed by atoms with Crippen LogP contribution in [0.2, 0.25) is 0 Å². The molecule has 0 rings (SSSR count). The van der Waals surface area contributed by atoms with E-state index in [-0.39, 0.29) is 0 Å². The van der Waals surface area contributed by atoms with E-state index in [9.17, 15) is 0 Å². The Labute approximate surface area is 48.2 Å². The average Bonchev–Trinajstić information content (AvgIpc) is 1.69. The van der Waals surface area contributed by atoms with Crippen molar-refractivity contribution in [2.75, 3.05) is 0 Å². The second-order valence-electron chi connectivity index (χ2n) is 1.53. The fourth-order valence-corrected chi connectivity index (χ4v) is 0.546. The lowest BCUT2D eigenvalue weighted by Gasteiger charge is -1.83. The van der Waals surface area contributed by atoms with E-state index >= 15 is 0 Å². The summed E-state index contributed by atoms with van der Waals surface area (Å²) >= 11 is 0. The van der Waals surface area contributed by atoms with Gasteiger partial charge in [0.15, 0.2) is 0 Å². The Bertz CT molecular complexity index is 48.1. The fourth-order valence-electron chi connectivity index (χ4n) is 0.397. The number of rotatable bonds is 3. The molecule has 0 aromatic rings. The van der Waals surface area contributed by atoms with Crippen molar-refractivity contribution in [3.8, 4) is 0 Å². The highest BCUT2D eigenvalue weighted by molar-refractivity contribution is 7.20. The summed E-state index contributed by atoms with van der Waals surface area (Å²) in [5, 5.41) is 0. The van der Waals surface area contributed by atoms with Crippen molar-refractivity contribution in [3.05, 3.63) is 11.9 Å². The zero-order chi connectivity index (χ0) is 5.54. The highest BCUT2D eigenvalue weighted by Crippen LogP contribution is 1.95. The van der Waals surface area contributed by atoms with Crippen molar-refractivity contribution in [1.29, 1.82) is 0 Å². The normalized spacial score (nSPS) is 10.6. The van der Waals surface area contributed by atoms with Crippen LogP contribution in [0.25, 0.3) is 0 Å². The molecular formula is C6H11P. The Hall–Kier alpha value is 0.170. The molecule has 0 aliphatic heterocycles. The van der Waals surface area contributed by atoms with Gasteiger partial charge in [0.1, 0.15) is 0 Å². The van der Waals surface area contributed by atoms with E-state index in [0.717, 1.165) is 0 Å². The summed E-state index contributed by atoms with van der Waals surface area (Å²) in [5.74, 6) is 1.80. The fraction of sp³-hybridized carbons (Fsp3) is 0.667. The third-order valence-corrected chi connectivity index (χ3v) is 1.04. The number of hydrogen-bond acceptors (Lipinski definition) is 0. The smallest absolute Gasteiger partial charge is 0.0146 e. The zero-order valence-corrected chi connectivity index (χ0v) is 5.62. The maximum Gasteiger partial charge on any atom is -0.0146 e. The van der Waals surface area contributed by atoms with Gasteiger partial charge in [0.2, 0.25) is 0 Å². The van der Waals surface area contributed by atoms with Crippen LogP contribution in [-0.2, 0) is 0 Å². The van der Waals surface area contributed by atoms with Gasteiger partial charge in [0.25, 0.3) is 0 Å². The minimum atomic E-state index is 1.18. The van der Waals surface area contributed by atoms with E-state index in [0.29, 0.717) is 0 Å². The lowest BCUT2D eigenvalue weighted by Crippen LogP contribution is -1.62. The van der Waals surface area contributed by atoms with Crippen LogP contribution < -0.4 is 0 Å². The maximum absolute atomic E-state index is 3.91. The van der Waals surface area contributed by atoms with Crippen molar-refractivity contribution in [1.82, 2.24) is 0 Å². The highest BCUT2D eigenvalue weighted by Gasteiger charge is 1.73. The Morgan fingerprint density at radius 2 is 2.29 bits per heavy atom. The van der Waals surface area contributed by atoms with Crippen molar-refractivity contribution in [2.24, 2.45) is 0 Å². The summed E-state index contributed by atoms with van der Waals surface area (Å²) in [6.45, 7) is 2.19. The van der Waals surface area contributed by atoms with E-state index in [2.05, 4.69) is 22.2 Å². The van der Waals surface area contributed by atoms with Crippen LogP contribution >= 0.6 is 9.24 Å². The standard InChI is InChI=1S/C6H11P/c1-2-3-4-5-6-7/h5-6H,2-4H2,1H3/b6-5+. The molecule has 0 fully saturated rings. The van der Waals surface area contributed by atoms with Gasteiger partial charge in [-0.05, 0) is 15.7 Å². The molecule has 0 nitrogen and oxygen atoms in total. The molecule has 0 amide bonds. The third kappa shape index (κ3) is 6.17. The van der Waals surface area contributed by atoms with E-state index < -0.39 is 0 Å². The second-order valence-corrected chi connectivity index (χ2v) is 1.83. The maximum atomic E-state index is 3.91. The van der Waals surface area contributed by atoms with Gasteiger partial charge in [-0.25, -0.2) is 0 Å². The van der Waals surface area contributed by atoms with Crippen molar-refractivity contribution >= 4 is 9.24 Å². The average molecular weight is 114 g/mol. The Kier molecular flexibility index (Phi) is 6.32. The molecule has 0 N–H and O–H groups in total. The topological polar surface area (TPSA) is 0 Å². The summed E-state index contributed by atoms with van der Waals surface area (Å²) in [4.78, 5) is 0. The molecule has 0 bridgehead atoms. The van der Waals surface area contributed by atoms with Crippen LogP contribution in [0.4, 0.5) is 0 Å². The number of unbranched alkanes of at least 4 members (excludes halogenated alkanes) is 2. The first-order valence-corrected chi connectivity index (χ1v) is 3.22. The molecule has 7 heavy (non-hydrogen) atoms. The van der Waals surface area contributed by atoms with Gasteiger partial charge < -0.3 is 0 Å². The first-order chi connectivity index (χ1) is 3.41. The quantitative estimate of drug-likeness (QED) is 0.390. The number of allylic oxidation sites excluding steroid dienone is 1. The van der Waals surface area contributed by atoms with Gasteiger partial charge >= 0.3 is 0 Å². The molecule has 40 valence electrons. The van der Waals surface area contributed by atoms with E-state index in [4.69, 9.17) is 0 Å². The Balaban J connectivity index is 2.69. The molecule has 0 heterocycles. The van der Waals surface area contributed by atoms with Crippen LogP contribution in [-0.4, -0.2) is 0 Å². The summed E-state index contributed by atoms with van der Waals surface area (Å²) < 4.78 is 0. The first kappa shape index (κ1) is 7.17. The molecule has 0 atom stereocenters. The van der Waals surface area contributed by atoms with E-state index in [1.807, 2.05) is 0 Å². The molecule has 0 unspecified atom stereocenters. The monoisotopic (exact) mass is 114 g/mol. The van der Waals surface area contributed by atoms with Crippen LogP contribution in [0, 0.1) is 0 Å². The predicted molar refractivity (Wildman–Crippen MR) is 35.6 cm³/mol. The van der Waals surface area contributed by atoms with Crippen molar-refractivity contribution in [2.45, 2.75) is 26.2 Å². The minimum Gasteiger partial charge on any atom is -0.0834 e. The zero-order valence-electron chi connectivity index (χ0n) is 4.72. The summed E-state index contributed by atoms with van der Waals surface area (Å²) in [5.41, 5.74) is 0. The number of hydrogen-bond donors (Lipinski definition) is 0. The van der Waals surface area contributed by atoms with Gasteiger partial charge in [-0.2, -0.15) is 0 Å². The second kappa shape index (κ2) is 6.17. The Morgan fingerprint density at radius 3 is 2.71 bits per heavy atom. The molecule has 1 heteroatoms. The Morgan fingerprint density at radius 1 is 1.57 bits per heavy atom. The van der Waals surface area contributed by atoms with Gasteiger partial charge in [-0.15, -0.1) is 0 Å². The summed E-state index contributed by atoms with van der Waals surface area (Å²) in [7, 11) is 3.91. The molecule has 0 saturated carbocycles. The lowest BCUT2D eigenvalue weighted by molar-refractivity contribution is 0.815. The van der Waals surface area contributed by atoms with Crippen LogP contribution in [0.15, 0.2) is 11.9 Å². The van der Waals surface area contributed by atoms with E-state index in [1.54, 1.807) is 5.82 Å². The first-order valence-electron chi connectivity index (χ1n) is 2.71. The highest BCUT2D eigenvalue weighted by atomic mass is 31.0. The molecular weight excluding hydrogens is 103 g/mol. The molecule has 0 aliphatic rings. The van der Waals surface area contributed by atoms with Crippen molar-refractivity contribution in [3.63, 3.8) is 0 Å². The molecule has 2 radical (unpaired) electrons. The van der Waals surface area contributed by atoms with E-state index in [1.165, 1.54) is 19.3 Å². The lowest BCUT2D eigenvalue weighted by atomic mass is 10.2. The molecule has 0 aromatic carbocycles. The largest absolute Gasteiger partial charge is 0.0834 e. The third-order valence-electron chi connectivity index (χ3n) is 0.830. The molecule has 0 aromatic heterocycles.